The van der Waals surface area contributed by atoms with Crippen molar-refractivity contribution < 1.29 is 37.7 Å². The normalized spacial score (nSPS) is 25.5. The van der Waals surface area contributed by atoms with Crippen LogP contribution < -0.4 is 9.64 Å². The maximum absolute atomic E-state index is 14.0. The van der Waals surface area contributed by atoms with Crippen molar-refractivity contribution in [2.75, 3.05) is 4.90 Å². The highest BCUT2D eigenvalue weighted by atomic mass is 32.1. The third-order valence-corrected chi connectivity index (χ3v) is 9.44. The minimum Gasteiger partial charge on any atom is -0.492 e. The highest BCUT2D eigenvalue weighted by Crippen LogP contribution is 2.57. The van der Waals surface area contributed by atoms with Crippen molar-refractivity contribution in [1.29, 1.82) is 0 Å². The summed E-state index contributed by atoms with van der Waals surface area (Å²) in [4.78, 5) is 28.0. The first-order chi connectivity index (χ1) is 19.5. The van der Waals surface area contributed by atoms with Crippen LogP contribution in [-0.4, -0.2) is 50.6 Å². The molecule has 0 unspecified atom stereocenters. The van der Waals surface area contributed by atoms with Gasteiger partial charge in [0.25, 0.3) is 0 Å². The molecule has 3 saturated carbocycles. The second-order valence-corrected chi connectivity index (χ2v) is 12.5. The maximum atomic E-state index is 14.0. The lowest BCUT2D eigenvalue weighted by Crippen LogP contribution is -2.47. The van der Waals surface area contributed by atoms with E-state index in [-0.39, 0.29) is 64.0 Å². The lowest BCUT2D eigenvalue weighted by Gasteiger charge is -2.39. The van der Waals surface area contributed by atoms with Gasteiger partial charge in [-0.1, -0.05) is 18.8 Å². The van der Waals surface area contributed by atoms with E-state index in [0.717, 1.165) is 24.2 Å². The van der Waals surface area contributed by atoms with Gasteiger partial charge in [0.2, 0.25) is 17.7 Å². The molecule has 0 radical (unpaired) electrons. The number of ether oxygens (including phenoxy) is 1. The fourth-order valence-electron chi connectivity index (χ4n) is 5.73. The molecule has 12 heteroatoms. The quantitative estimate of drug-likeness (QED) is 0.386. The highest BCUT2D eigenvalue weighted by Gasteiger charge is 2.62. The smallest absolute Gasteiger partial charge is 0.405 e. The molecule has 2 aromatic rings. The number of hydrogen-bond acceptors (Lipinski definition) is 7. The second-order valence-electron chi connectivity index (χ2n) is 11.4. The molecular weight excluding hydrogens is 559 g/mol. The number of hydrogen-bond donors (Lipinski definition) is 2. The molecule has 0 saturated heterocycles. The van der Waals surface area contributed by atoms with E-state index in [4.69, 9.17) is 4.74 Å². The van der Waals surface area contributed by atoms with Crippen molar-refractivity contribution in [2.24, 2.45) is 17.3 Å². The molecule has 0 aromatic carbocycles. The van der Waals surface area contributed by atoms with Gasteiger partial charge in [0.1, 0.15) is 16.4 Å². The average Bonchev–Trinajstić information content (AvgIpc) is 3.63. The summed E-state index contributed by atoms with van der Waals surface area (Å²) in [6.45, 7) is 2.15. The molecule has 3 aliphatic carbocycles. The van der Waals surface area contributed by atoms with Gasteiger partial charge in [-0.3, -0.25) is 4.79 Å². The number of aromatic nitrogens is 2. The Kier molecular flexibility index (Phi) is 8.19. The predicted molar refractivity (Wildman–Crippen MR) is 145 cm³/mol. The zero-order chi connectivity index (χ0) is 29.4. The Hall–Kier alpha value is -3.33. The van der Waals surface area contributed by atoms with Crippen LogP contribution in [-0.2, 0) is 4.79 Å². The standard InChI is InChI=1S/C29H32F3N3O5S/c1-17-2-4-18(5-3-17)26(37)35(19-6-8-20(9-7-19)40-24-11-10-23(36)33-34-24)22-16-21(41-25(22)27(38)39)12-13-28(14-15-28)29(30,31)32/h10-11,16-20H,2-9,14-15H2,1H3,(H,33,36)(H,38,39)/t17-,18-,19-,20-. The molecule has 41 heavy (non-hydrogen) atoms. The van der Waals surface area contributed by atoms with Crippen LogP contribution in [0.15, 0.2) is 18.2 Å². The van der Waals surface area contributed by atoms with E-state index in [1.165, 1.54) is 18.2 Å². The number of carbonyl (C=O) groups is 2. The summed E-state index contributed by atoms with van der Waals surface area (Å²) in [5, 5.41) is 26.8. The first-order valence-electron chi connectivity index (χ1n) is 14.0. The van der Waals surface area contributed by atoms with E-state index < -0.39 is 17.6 Å². The van der Waals surface area contributed by atoms with Crippen LogP contribution in [0.4, 0.5) is 18.9 Å². The Morgan fingerprint density at radius 3 is 2.32 bits per heavy atom. The molecule has 3 fully saturated rings. The largest absolute Gasteiger partial charge is 0.492 e. The molecule has 1 amide bonds. The molecule has 3 aliphatic rings. The summed E-state index contributed by atoms with van der Waals surface area (Å²) in [6, 6.07) is 4.08. The molecular formula is C29H32F3N3O5S. The van der Waals surface area contributed by atoms with E-state index in [1.54, 1.807) is 4.90 Å². The Morgan fingerprint density at radius 2 is 1.76 bits per heavy atom. The Morgan fingerprint density at radius 1 is 1.07 bits per heavy atom. The monoisotopic (exact) mass is 591 g/mol. The molecule has 0 bridgehead atoms. The number of aromatic hydroxyl groups is 1. The van der Waals surface area contributed by atoms with E-state index in [1.807, 2.05) is 0 Å². The van der Waals surface area contributed by atoms with E-state index in [9.17, 15) is 33.0 Å². The number of carboxylic acids is 1. The van der Waals surface area contributed by atoms with Crippen LogP contribution in [0.5, 0.6) is 11.8 Å². The molecule has 0 atom stereocenters. The summed E-state index contributed by atoms with van der Waals surface area (Å²) >= 11 is 0.812. The molecule has 2 aromatic heterocycles. The first-order valence-corrected chi connectivity index (χ1v) is 14.8. The number of nitrogens with zero attached hydrogens (tertiary/aromatic N) is 3. The molecule has 2 heterocycles. The third-order valence-electron chi connectivity index (χ3n) is 8.41. The van der Waals surface area contributed by atoms with Crippen molar-refractivity contribution >= 4 is 28.9 Å². The summed E-state index contributed by atoms with van der Waals surface area (Å²) in [6.07, 6.45) is 0.685. The van der Waals surface area contributed by atoms with Crippen molar-refractivity contribution in [2.45, 2.75) is 89.5 Å². The number of amides is 1. The van der Waals surface area contributed by atoms with E-state index in [2.05, 4.69) is 29.0 Å². The molecule has 8 nitrogen and oxygen atoms in total. The molecule has 0 spiro atoms. The van der Waals surface area contributed by atoms with Gasteiger partial charge in [0.05, 0.1) is 10.6 Å². The van der Waals surface area contributed by atoms with Crippen LogP contribution >= 0.6 is 11.3 Å². The van der Waals surface area contributed by atoms with Gasteiger partial charge in [-0.15, -0.1) is 21.5 Å². The van der Waals surface area contributed by atoms with Crippen molar-refractivity contribution in [3.8, 4) is 23.6 Å². The zero-order valence-electron chi connectivity index (χ0n) is 22.6. The number of halogens is 3. The predicted octanol–water partition coefficient (Wildman–Crippen LogP) is 6.19. The average molecular weight is 592 g/mol. The Labute approximate surface area is 239 Å². The van der Waals surface area contributed by atoms with Crippen LogP contribution in [0, 0.1) is 29.1 Å². The van der Waals surface area contributed by atoms with Gasteiger partial charge in [-0.25, -0.2) is 4.79 Å². The number of aromatic carboxylic acids is 1. The molecule has 5 rings (SSSR count). The summed E-state index contributed by atoms with van der Waals surface area (Å²) in [7, 11) is 0. The number of alkyl halides is 3. The third kappa shape index (κ3) is 6.45. The van der Waals surface area contributed by atoms with Gasteiger partial charge < -0.3 is 19.8 Å². The van der Waals surface area contributed by atoms with Gasteiger partial charge in [-0.2, -0.15) is 13.2 Å². The lowest BCUT2D eigenvalue weighted by molar-refractivity contribution is -0.168. The van der Waals surface area contributed by atoms with Crippen LogP contribution in [0.25, 0.3) is 0 Å². The van der Waals surface area contributed by atoms with Crippen molar-refractivity contribution in [1.82, 2.24) is 10.2 Å². The Bertz CT molecular complexity index is 1330. The number of anilines is 1. The number of thiophene rings is 1. The minimum atomic E-state index is -4.44. The van der Waals surface area contributed by atoms with Crippen LogP contribution in [0.2, 0.25) is 0 Å². The van der Waals surface area contributed by atoms with E-state index in [0.29, 0.717) is 44.4 Å². The summed E-state index contributed by atoms with van der Waals surface area (Å²) < 4.78 is 46.2. The summed E-state index contributed by atoms with van der Waals surface area (Å²) in [5.74, 6) is 3.88. The Balaban J connectivity index is 1.41. The van der Waals surface area contributed by atoms with Gasteiger partial charge >= 0.3 is 12.1 Å². The second kappa shape index (κ2) is 11.5. The zero-order valence-corrected chi connectivity index (χ0v) is 23.4. The fourth-order valence-corrected chi connectivity index (χ4v) is 6.57. The van der Waals surface area contributed by atoms with Crippen molar-refractivity contribution in [3.63, 3.8) is 0 Å². The highest BCUT2D eigenvalue weighted by molar-refractivity contribution is 7.15. The molecule has 2 N–H and O–H groups in total. The van der Waals surface area contributed by atoms with E-state index >= 15 is 0 Å². The first kappa shape index (κ1) is 29.2. The number of rotatable bonds is 6. The maximum Gasteiger partial charge on any atom is 0.405 e. The SMILES string of the molecule is C[C@H]1CC[C@H](C(=O)N(c2cc(C#CC3(C(F)(F)F)CC3)sc2C(=O)O)[C@H]2CC[C@H](Oc3ccc(O)nn3)CC2)CC1. The number of carboxylic acid groups (broad SMARTS) is 1. The molecule has 0 aliphatic heterocycles. The van der Waals surface area contributed by atoms with Crippen LogP contribution in [0.3, 0.4) is 0 Å². The van der Waals surface area contributed by atoms with Crippen LogP contribution in [0.1, 0.15) is 85.7 Å². The van der Waals surface area contributed by atoms with Gasteiger partial charge in [0.15, 0.2) is 0 Å². The summed E-state index contributed by atoms with van der Waals surface area (Å²) in [5.41, 5.74) is -1.82. The fraction of sp³-hybridized carbons (Fsp3) is 0.586. The molecule has 220 valence electrons. The van der Waals surface area contributed by atoms with Crippen molar-refractivity contribution in [3.05, 3.63) is 28.0 Å². The lowest BCUT2D eigenvalue weighted by atomic mass is 9.81. The van der Waals surface area contributed by atoms with Gasteiger partial charge in [0, 0.05) is 24.1 Å². The topological polar surface area (TPSA) is 113 Å². The van der Waals surface area contributed by atoms with Gasteiger partial charge in [-0.05, 0) is 76.2 Å². The number of carbonyl (C=O) groups excluding carboxylic acids is 1. The minimum absolute atomic E-state index is 0.0702.